The van der Waals surface area contributed by atoms with Crippen LogP contribution in [0.25, 0.3) is 10.2 Å². The maximum absolute atomic E-state index is 4.56. The zero-order chi connectivity index (χ0) is 15.8. The van der Waals surface area contributed by atoms with E-state index in [0.717, 1.165) is 36.8 Å². The first kappa shape index (κ1) is 14.5. The lowest BCUT2D eigenvalue weighted by molar-refractivity contribution is 0.648. The van der Waals surface area contributed by atoms with Crippen molar-refractivity contribution in [1.82, 2.24) is 9.97 Å². The summed E-state index contributed by atoms with van der Waals surface area (Å²) >= 11 is 1.74. The van der Waals surface area contributed by atoms with E-state index in [1.165, 1.54) is 21.5 Å². The minimum Gasteiger partial charge on any atom is -0.368 e. The minimum absolute atomic E-state index is 0.995. The molecule has 4 rings (SSSR count). The number of piperazine rings is 1. The minimum atomic E-state index is 0.995. The summed E-state index contributed by atoms with van der Waals surface area (Å²) in [5, 5.41) is 1.19. The number of hydrogen-bond donors (Lipinski definition) is 0. The van der Waals surface area contributed by atoms with Gasteiger partial charge in [0.15, 0.2) is 0 Å². The molecule has 3 heterocycles. The number of nitrogens with zero attached hydrogens (tertiary/aromatic N) is 4. The van der Waals surface area contributed by atoms with E-state index in [9.17, 15) is 0 Å². The Morgan fingerprint density at radius 1 is 0.957 bits per heavy atom. The van der Waals surface area contributed by atoms with Crippen LogP contribution in [0.2, 0.25) is 0 Å². The van der Waals surface area contributed by atoms with Gasteiger partial charge >= 0.3 is 0 Å². The maximum atomic E-state index is 4.56. The third-order valence-corrected chi connectivity index (χ3v) is 5.43. The number of aryl methyl sites for hydroxylation is 2. The molecule has 0 saturated carbocycles. The second-order valence-corrected chi connectivity index (χ2v) is 7.27. The lowest BCUT2D eigenvalue weighted by Crippen LogP contribution is -2.47. The van der Waals surface area contributed by atoms with Crippen molar-refractivity contribution in [3.05, 3.63) is 47.1 Å². The zero-order valence-electron chi connectivity index (χ0n) is 13.5. The van der Waals surface area contributed by atoms with E-state index < -0.39 is 0 Å². The van der Waals surface area contributed by atoms with Gasteiger partial charge in [-0.1, -0.05) is 18.2 Å². The van der Waals surface area contributed by atoms with Crippen LogP contribution in [0.3, 0.4) is 0 Å². The van der Waals surface area contributed by atoms with E-state index in [4.69, 9.17) is 0 Å². The summed E-state index contributed by atoms with van der Waals surface area (Å²) in [5.41, 5.74) is 2.70. The Morgan fingerprint density at radius 3 is 2.48 bits per heavy atom. The van der Waals surface area contributed by atoms with E-state index in [1.807, 2.05) is 0 Å². The fourth-order valence-corrected chi connectivity index (χ4v) is 4.13. The topological polar surface area (TPSA) is 32.3 Å². The van der Waals surface area contributed by atoms with Crippen molar-refractivity contribution in [2.45, 2.75) is 13.8 Å². The Labute approximate surface area is 140 Å². The van der Waals surface area contributed by atoms with Crippen molar-refractivity contribution in [2.24, 2.45) is 0 Å². The number of benzene rings is 1. The zero-order valence-corrected chi connectivity index (χ0v) is 14.3. The normalized spacial score (nSPS) is 15.4. The predicted molar refractivity (Wildman–Crippen MR) is 97.8 cm³/mol. The van der Waals surface area contributed by atoms with Gasteiger partial charge in [-0.15, -0.1) is 11.3 Å². The molecule has 1 saturated heterocycles. The number of aromatic nitrogens is 2. The Kier molecular flexibility index (Phi) is 3.65. The molecule has 0 amide bonds. The predicted octanol–water partition coefficient (Wildman–Crippen LogP) is 3.63. The van der Waals surface area contributed by atoms with Gasteiger partial charge in [-0.25, -0.2) is 9.97 Å². The Balaban J connectivity index is 1.56. The fourth-order valence-electron chi connectivity index (χ4n) is 3.29. The SMILES string of the molecule is Cc1cc2c(N3CCN(c4ccccc4C)CC3)ncnc2s1. The molecule has 0 aliphatic carbocycles. The number of fused-ring (bicyclic) bond motifs is 1. The van der Waals surface area contributed by atoms with Crippen LogP contribution >= 0.6 is 11.3 Å². The smallest absolute Gasteiger partial charge is 0.140 e. The van der Waals surface area contributed by atoms with Crippen LogP contribution in [0.5, 0.6) is 0 Å². The first-order chi connectivity index (χ1) is 11.2. The van der Waals surface area contributed by atoms with Crippen molar-refractivity contribution in [3.8, 4) is 0 Å². The molecule has 4 nitrogen and oxygen atoms in total. The average Bonchev–Trinajstić information content (AvgIpc) is 2.96. The van der Waals surface area contributed by atoms with Crippen LogP contribution in [-0.4, -0.2) is 36.1 Å². The molecule has 0 atom stereocenters. The van der Waals surface area contributed by atoms with Crippen molar-refractivity contribution >= 4 is 33.1 Å². The summed E-state index contributed by atoms with van der Waals surface area (Å²) in [6.07, 6.45) is 1.70. The van der Waals surface area contributed by atoms with Crippen LogP contribution in [-0.2, 0) is 0 Å². The Hall–Kier alpha value is -2.14. The number of rotatable bonds is 2. The second-order valence-electron chi connectivity index (χ2n) is 6.03. The summed E-state index contributed by atoms with van der Waals surface area (Å²) in [4.78, 5) is 16.2. The maximum Gasteiger partial charge on any atom is 0.140 e. The first-order valence-electron chi connectivity index (χ1n) is 7.99. The summed E-state index contributed by atoms with van der Waals surface area (Å²) in [7, 11) is 0. The molecule has 1 aliphatic heterocycles. The van der Waals surface area contributed by atoms with E-state index >= 15 is 0 Å². The molecule has 1 aromatic carbocycles. The molecule has 1 fully saturated rings. The van der Waals surface area contributed by atoms with Crippen molar-refractivity contribution in [3.63, 3.8) is 0 Å². The van der Waals surface area contributed by atoms with Crippen LogP contribution in [0, 0.1) is 13.8 Å². The van der Waals surface area contributed by atoms with E-state index in [2.05, 4.69) is 63.9 Å². The molecular weight excluding hydrogens is 304 g/mol. The highest BCUT2D eigenvalue weighted by Gasteiger charge is 2.21. The number of anilines is 2. The first-order valence-corrected chi connectivity index (χ1v) is 8.81. The van der Waals surface area contributed by atoms with Gasteiger partial charge in [-0.3, -0.25) is 0 Å². The molecule has 0 radical (unpaired) electrons. The van der Waals surface area contributed by atoms with E-state index in [-0.39, 0.29) is 0 Å². The number of hydrogen-bond acceptors (Lipinski definition) is 5. The highest BCUT2D eigenvalue weighted by atomic mass is 32.1. The molecule has 0 N–H and O–H groups in total. The van der Waals surface area contributed by atoms with Crippen LogP contribution in [0.15, 0.2) is 36.7 Å². The summed E-state index contributed by atoms with van der Waals surface area (Å²) in [6, 6.07) is 10.8. The van der Waals surface area contributed by atoms with Crippen molar-refractivity contribution < 1.29 is 0 Å². The van der Waals surface area contributed by atoms with Gasteiger partial charge in [0, 0.05) is 36.7 Å². The third-order valence-electron chi connectivity index (χ3n) is 4.47. The molecule has 0 unspecified atom stereocenters. The number of thiophene rings is 1. The molecule has 5 heteroatoms. The molecule has 0 bridgehead atoms. The van der Waals surface area contributed by atoms with Gasteiger partial charge in [-0.05, 0) is 31.5 Å². The standard InChI is InChI=1S/C18H20N4S/c1-13-5-3-4-6-16(13)21-7-9-22(10-8-21)17-15-11-14(2)23-18(15)20-12-19-17/h3-6,11-12H,7-10H2,1-2H3. The van der Waals surface area contributed by atoms with Crippen LogP contribution < -0.4 is 9.80 Å². The van der Waals surface area contributed by atoms with Crippen LogP contribution in [0.1, 0.15) is 10.4 Å². The molecular formula is C18H20N4S. The highest BCUT2D eigenvalue weighted by molar-refractivity contribution is 7.18. The summed E-state index contributed by atoms with van der Waals surface area (Å²) < 4.78 is 0. The quantitative estimate of drug-likeness (QED) is 0.720. The fraction of sp³-hybridized carbons (Fsp3) is 0.333. The van der Waals surface area contributed by atoms with Gasteiger partial charge in [0.05, 0.1) is 5.39 Å². The Bertz CT molecular complexity index is 834. The summed E-state index contributed by atoms with van der Waals surface area (Å²) in [5.74, 6) is 1.09. The summed E-state index contributed by atoms with van der Waals surface area (Å²) in [6.45, 7) is 8.36. The van der Waals surface area contributed by atoms with Crippen LogP contribution in [0.4, 0.5) is 11.5 Å². The molecule has 1 aliphatic rings. The second kappa shape index (κ2) is 5.81. The van der Waals surface area contributed by atoms with Gasteiger partial charge in [-0.2, -0.15) is 0 Å². The van der Waals surface area contributed by atoms with Gasteiger partial charge in [0.2, 0.25) is 0 Å². The monoisotopic (exact) mass is 324 g/mol. The lowest BCUT2D eigenvalue weighted by atomic mass is 10.1. The van der Waals surface area contributed by atoms with Crippen molar-refractivity contribution in [1.29, 1.82) is 0 Å². The largest absolute Gasteiger partial charge is 0.368 e. The molecule has 3 aromatic rings. The van der Waals surface area contributed by atoms with Gasteiger partial charge < -0.3 is 9.80 Å². The average molecular weight is 324 g/mol. The third kappa shape index (κ3) is 2.65. The molecule has 118 valence electrons. The molecule has 23 heavy (non-hydrogen) atoms. The van der Waals surface area contributed by atoms with Gasteiger partial charge in [0.1, 0.15) is 17.0 Å². The highest BCUT2D eigenvalue weighted by Crippen LogP contribution is 2.31. The molecule has 0 spiro atoms. The lowest BCUT2D eigenvalue weighted by Gasteiger charge is -2.37. The molecule has 2 aromatic heterocycles. The Morgan fingerprint density at radius 2 is 1.70 bits per heavy atom. The van der Waals surface area contributed by atoms with Crippen molar-refractivity contribution in [2.75, 3.05) is 36.0 Å². The number of para-hydroxylation sites is 1. The van der Waals surface area contributed by atoms with E-state index in [1.54, 1.807) is 17.7 Å². The van der Waals surface area contributed by atoms with E-state index in [0.29, 0.717) is 0 Å². The van der Waals surface area contributed by atoms with Gasteiger partial charge in [0.25, 0.3) is 0 Å².